The maximum absolute atomic E-state index is 11.7. The SMILES string of the molecule is CNCCCC(=O)Nc1cc(C)ccc1OC.Cl. The molecule has 2 N–H and O–H groups in total. The van der Waals surface area contributed by atoms with Gasteiger partial charge in [-0.2, -0.15) is 0 Å². The first-order valence-electron chi connectivity index (χ1n) is 5.76. The third-order valence-electron chi connectivity index (χ3n) is 2.46. The van der Waals surface area contributed by atoms with Crippen LogP contribution in [0, 0.1) is 6.92 Å². The van der Waals surface area contributed by atoms with E-state index in [-0.39, 0.29) is 18.3 Å². The number of rotatable bonds is 6. The molecule has 0 aliphatic carbocycles. The Labute approximate surface area is 115 Å². The minimum atomic E-state index is 0. The van der Waals surface area contributed by atoms with Crippen molar-refractivity contribution in [2.45, 2.75) is 19.8 Å². The number of nitrogens with one attached hydrogen (secondary N) is 2. The summed E-state index contributed by atoms with van der Waals surface area (Å²) in [5.41, 5.74) is 1.83. The summed E-state index contributed by atoms with van der Waals surface area (Å²) in [6, 6.07) is 5.73. The fourth-order valence-corrected chi connectivity index (χ4v) is 1.56. The molecule has 1 amide bonds. The Kier molecular flexibility index (Phi) is 8.16. The average Bonchev–Trinajstić information content (AvgIpc) is 2.29. The monoisotopic (exact) mass is 272 g/mol. The van der Waals surface area contributed by atoms with Gasteiger partial charge in [0, 0.05) is 6.42 Å². The summed E-state index contributed by atoms with van der Waals surface area (Å²) in [6.45, 7) is 2.83. The third kappa shape index (κ3) is 5.38. The number of aryl methyl sites for hydroxylation is 1. The largest absolute Gasteiger partial charge is 0.495 e. The number of hydrogen-bond acceptors (Lipinski definition) is 3. The summed E-state index contributed by atoms with van der Waals surface area (Å²) >= 11 is 0. The molecule has 1 rings (SSSR count). The molecule has 1 aromatic rings. The van der Waals surface area contributed by atoms with Crippen LogP contribution in [0.2, 0.25) is 0 Å². The molecule has 1 aromatic carbocycles. The second kappa shape index (κ2) is 8.78. The lowest BCUT2D eigenvalue weighted by molar-refractivity contribution is -0.116. The Hall–Kier alpha value is -1.26. The van der Waals surface area contributed by atoms with Crippen LogP contribution in [0.1, 0.15) is 18.4 Å². The van der Waals surface area contributed by atoms with Gasteiger partial charge in [-0.05, 0) is 44.6 Å². The Bertz CT molecular complexity index is 383. The van der Waals surface area contributed by atoms with Gasteiger partial charge in [0.05, 0.1) is 12.8 Å². The van der Waals surface area contributed by atoms with Crippen molar-refractivity contribution < 1.29 is 9.53 Å². The fraction of sp³-hybridized carbons (Fsp3) is 0.462. The van der Waals surface area contributed by atoms with Crippen LogP contribution in [-0.2, 0) is 4.79 Å². The van der Waals surface area contributed by atoms with Crippen molar-refractivity contribution in [1.82, 2.24) is 5.32 Å². The van der Waals surface area contributed by atoms with Crippen LogP contribution in [0.5, 0.6) is 5.75 Å². The summed E-state index contributed by atoms with van der Waals surface area (Å²) in [7, 11) is 3.48. The highest BCUT2D eigenvalue weighted by molar-refractivity contribution is 5.92. The Morgan fingerprint density at radius 3 is 2.72 bits per heavy atom. The zero-order chi connectivity index (χ0) is 12.7. The van der Waals surface area contributed by atoms with Gasteiger partial charge in [0.1, 0.15) is 5.75 Å². The standard InChI is InChI=1S/C13H20N2O2.ClH/c1-10-6-7-12(17-3)11(9-10)15-13(16)5-4-8-14-2;/h6-7,9,14H,4-5,8H2,1-3H3,(H,15,16);1H. The van der Waals surface area contributed by atoms with Crippen LogP contribution in [0.15, 0.2) is 18.2 Å². The number of hydrogen-bond donors (Lipinski definition) is 2. The van der Waals surface area contributed by atoms with E-state index in [2.05, 4.69) is 10.6 Å². The second-order valence-corrected chi connectivity index (χ2v) is 3.96. The van der Waals surface area contributed by atoms with E-state index in [0.717, 1.165) is 24.2 Å². The Balaban J connectivity index is 0.00000289. The molecule has 0 heterocycles. The lowest BCUT2D eigenvalue weighted by atomic mass is 10.2. The predicted molar refractivity (Wildman–Crippen MR) is 76.8 cm³/mol. The van der Waals surface area contributed by atoms with Gasteiger partial charge in [0.2, 0.25) is 5.91 Å². The number of halogens is 1. The average molecular weight is 273 g/mol. The van der Waals surface area contributed by atoms with E-state index < -0.39 is 0 Å². The van der Waals surface area contributed by atoms with Crippen LogP contribution in [0.25, 0.3) is 0 Å². The van der Waals surface area contributed by atoms with E-state index in [1.165, 1.54) is 0 Å². The minimum absolute atomic E-state index is 0. The van der Waals surface area contributed by atoms with E-state index in [0.29, 0.717) is 12.2 Å². The number of anilines is 1. The number of carbonyl (C=O) groups excluding carboxylic acids is 1. The fourth-order valence-electron chi connectivity index (χ4n) is 1.56. The Morgan fingerprint density at radius 2 is 2.11 bits per heavy atom. The van der Waals surface area contributed by atoms with E-state index in [4.69, 9.17) is 4.74 Å². The molecule has 0 fully saturated rings. The molecule has 0 saturated heterocycles. The molecule has 0 bridgehead atoms. The first-order chi connectivity index (χ1) is 8.17. The zero-order valence-corrected chi connectivity index (χ0v) is 11.9. The summed E-state index contributed by atoms with van der Waals surface area (Å²) < 4.78 is 5.20. The van der Waals surface area contributed by atoms with Gasteiger partial charge in [0.15, 0.2) is 0 Å². The smallest absolute Gasteiger partial charge is 0.224 e. The van der Waals surface area contributed by atoms with E-state index in [1.807, 2.05) is 32.2 Å². The second-order valence-electron chi connectivity index (χ2n) is 3.96. The van der Waals surface area contributed by atoms with Crippen LogP contribution in [0.4, 0.5) is 5.69 Å². The quantitative estimate of drug-likeness (QED) is 0.782. The molecule has 18 heavy (non-hydrogen) atoms. The summed E-state index contributed by atoms with van der Waals surface area (Å²) in [5.74, 6) is 0.710. The van der Waals surface area contributed by atoms with Crippen LogP contribution < -0.4 is 15.4 Å². The van der Waals surface area contributed by atoms with Crippen LogP contribution >= 0.6 is 12.4 Å². The van der Waals surface area contributed by atoms with E-state index >= 15 is 0 Å². The molecular weight excluding hydrogens is 252 g/mol. The molecule has 0 radical (unpaired) electrons. The van der Waals surface area contributed by atoms with Gasteiger partial charge < -0.3 is 15.4 Å². The van der Waals surface area contributed by atoms with Gasteiger partial charge in [-0.1, -0.05) is 6.07 Å². The van der Waals surface area contributed by atoms with Gasteiger partial charge >= 0.3 is 0 Å². The third-order valence-corrected chi connectivity index (χ3v) is 2.46. The van der Waals surface area contributed by atoms with Gasteiger partial charge in [-0.15, -0.1) is 12.4 Å². The maximum atomic E-state index is 11.7. The van der Waals surface area contributed by atoms with E-state index in [1.54, 1.807) is 7.11 Å². The number of methoxy groups -OCH3 is 1. The number of carbonyl (C=O) groups is 1. The molecular formula is C13H21ClN2O2. The Morgan fingerprint density at radius 1 is 1.39 bits per heavy atom. The lowest BCUT2D eigenvalue weighted by Crippen LogP contribution is -2.15. The highest BCUT2D eigenvalue weighted by Gasteiger charge is 2.07. The summed E-state index contributed by atoms with van der Waals surface area (Å²) in [6.07, 6.45) is 1.34. The highest BCUT2D eigenvalue weighted by Crippen LogP contribution is 2.25. The summed E-state index contributed by atoms with van der Waals surface area (Å²) in [4.78, 5) is 11.7. The molecule has 0 atom stereocenters. The molecule has 102 valence electrons. The van der Waals surface area contributed by atoms with Crippen molar-refractivity contribution in [2.24, 2.45) is 0 Å². The number of benzene rings is 1. The van der Waals surface area contributed by atoms with Crippen LogP contribution in [0.3, 0.4) is 0 Å². The molecule has 4 nitrogen and oxygen atoms in total. The minimum Gasteiger partial charge on any atom is -0.495 e. The van der Waals surface area contributed by atoms with Gasteiger partial charge in [-0.3, -0.25) is 4.79 Å². The van der Waals surface area contributed by atoms with Crippen molar-refractivity contribution in [2.75, 3.05) is 26.0 Å². The van der Waals surface area contributed by atoms with Crippen molar-refractivity contribution in [1.29, 1.82) is 0 Å². The zero-order valence-electron chi connectivity index (χ0n) is 11.1. The number of ether oxygens (including phenoxy) is 1. The molecule has 0 aliphatic heterocycles. The molecule has 0 aromatic heterocycles. The first kappa shape index (κ1) is 16.7. The molecule has 5 heteroatoms. The van der Waals surface area contributed by atoms with Crippen LogP contribution in [-0.4, -0.2) is 26.6 Å². The van der Waals surface area contributed by atoms with Crippen molar-refractivity contribution in [3.8, 4) is 5.75 Å². The lowest BCUT2D eigenvalue weighted by Gasteiger charge is -2.10. The molecule has 0 unspecified atom stereocenters. The van der Waals surface area contributed by atoms with Crippen molar-refractivity contribution >= 4 is 24.0 Å². The predicted octanol–water partition coefficient (Wildman–Crippen LogP) is 2.36. The molecule has 0 aliphatic rings. The van der Waals surface area contributed by atoms with E-state index in [9.17, 15) is 4.79 Å². The summed E-state index contributed by atoms with van der Waals surface area (Å²) in [5, 5.41) is 5.88. The van der Waals surface area contributed by atoms with Crippen molar-refractivity contribution in [3.63, 3.8) is 0 Å². The van der Waals surface area contributed by atoms with Crippen molar-refractivity contribution in [3.05, 3.63) is 23.8 Å². The highest BCUT2D eigenvalue weighted by atomic mass is 35.5. The normalized spacial score (nSPS) is 9.50. The maximum Gasteiger partial charge on any atom is 0.224 e. The molecule has 0 spiro atoms. The first-order valence-corrected chi connectivity index (χ1v) is 5.76. The number of amides is 1. The molecule has 0 saturated carbocycles. The topological polar surface area (TPSA) is 50.4 Å². The van der Waals surface area contributed by atoms with Gasteiger partial charge in [-0.25, -0.2) is 0 Å². The van der Waals surface area contributed by atoms with Gasteiger partial charge in [0.25, 0.3) is 0 Å².